The zero-order valence-corrected chi connectivity index (χ0v) is 18.1. The molecule has 0 fully saturated rings. The smallest absolute Gasteiger partial charge is 0.262 e. The van der Waals surface area contributed by atoms with Gasteiger partial charge >= 0.3 is 0 Å². The van der Waals surface area contributed by atoms with Gasteiger partial charge in [0.05, 0.1) is 29.9 Å². The van der Waals surface area contributed by atoms with E-state index in [1.807, 2.05) is 43.3 Å². The monoisotopic (exact) mass is 446 g/mol. The van der Waals surface area contributed by atoms with Gasteiger partial charge in [-0.25, -0.2) is 9.37 Å². The molecule has 2 heterocycles. The van der Waals surface area contributed by atoms with Crippen LogP contribution in [0.15, 0.2) is 65.7 Å². The molecule has 1 amide bonds. The second-order valence-corrected chi connectivity index (χ2v) is 8.18. The van der Waals surface area contributed by atoms with Gasteiger partial charge in [-0.2, -0.15) is 5.26 Å². The number of carbonyl (C=O) groups excluding carboxylic acids is 1. The van der Waals surface area contributed by atoms with Crippen LogP contribution in [-0.4, -0.2) is 22.0 Å². The average molecular weight is 447 g/mol. The lowest BCUT2D eigenvalue weighted by Gasteiger charge is -2.22. The molecule has 0 bridgehead atoms. The normalized spacial score (nSPS) is 10.8. The van der Waals surface area contributed by atoms with Gasteiger partial charge in [0.1, 0.15) is 17.2 Å². The highest BCUT2D eigenvalue weighted by molar-refractivity contribution is 7.22. The molecule has 32 heavy (non-hydrogen) atoms. The number of thiophene rings is 1. The van der Waals surface area contributed by atoms with E-state index in [-0.39, 0.29) is 30.8 Å². The van der Waals surface area contributed by atoms with E-state index in [0.29, 0.717) is 10.2 Å². The molecular formula is C24H19FN4O2S. The Kier molecular flexibility index (Phi) is 6.10. The van der Waals surface area contributed by atoms with Crippen LogP contribution in [0.1, 0.15) is 12.0 Å². The molecular weight excluding hydrogens is 427 g/mol. The molecule has 0 saturated heterocycles. The number of anilines is 1. The van der Waals surface area contributed by atoms with Crippen molar-refractivity contribution in [3.63, 3.8) is 0 Å². The third kappa shape index (κ3) is 4.03. The van der Waals surface area contributed by atoms with Crippen molar-refractivity contribution >= 4 is 33.1 Å². The molecule has 0 aliphatic heterocycles. The van der Waals surface area contributed by atoms with Crippen LogP contribution in [0.3, 0.4) is 0 Å². The van der Waals surface area contributed by atoms with Gasteiger partial charge in [-0.15, -0.1) is 11.3 Å². The minimum absolute atomic E-state index is 0.0241. The summed E-state index contributed by atoms with van der Waals surface area (Å²) in [5.41, 5.74) is 1.56. The molecule has 0 saturated carbocycles. The van der Waals surface area contributed by atoms with Crippen LogP contribution in [-0.2, 0) is 11.3 Å². The largest absolute Gasteiger partial charge is 0.307 e. The zero-order valence-electron chi connectivity index (χ0n) is 17.3. The summed E-state index contributed by atoms with van der Waals surface area (Å²) in [5.74, 6) is -1.06. The van der Waals surface area contributed by atoms with Gasteiger partial charge in [-0.3, -0.25) is 14.2 Å². The standard InChI is InChI=1S/C24H19FN4O2S/c1-16-21-23(32-22(16)17-8-3-2-4-9-17)27-15-28(24(21)31)14-20(30)29(13-7-12-26)19-11-6-5-10-18(19)25/h2-6,8-11,15H,7,13-14H2,1H3. The molecule has 4 rings (SSSR count). The molecule has 0 N–H and O–H groups in total. The van der Waals surface area contributed by atoms with E-state index in [0.717, 1.165) is 16.0 Å². The fraction of sp³-hybridized carbons (Fsp3) is 0.167. The molecule has 0 atom stereocenters. The number of hydrogen-bond donors (Lipinski definition) is 0. The lowest BCUT2D eigenvalue weighted by molar-refractivity contribution is -0.119. The Labute approximate surface area is 187 Å². The van der Waals surface area contributed by atoms with Gasteiger partial charge < -0.3 is 4.90 Å². The average Bonchev–Trinajstić information content (AvgIpc) is 3.14. The Morgan fingerprint density at radius 3 is 2.62 bits per heavy atom. The maximum Gasteiger partial charge on any atom is 0.262 e. The van der Waals surface area contributed by atoms with Crippen molar-refractivity contribution < 1.29 is 9.18 Å². The Hall–Kier alpha value is -3.83. The first-order valence-electron chi connectivity index (χ1n) is 9.97. The van der Waals surface area contributed by atoms with Crippen LogP contribution in [0.4, 0.5) is 10.1 Å². The molecule has 0 aliphatic carbocycles. The van der Waals surface area contributed by atoms with Crippen LogP contribution in [0.5, 0.6) is 0 Å². The van der Waals surface area contributed by atoms with Crippen LogP contribution in [0.2, 0.25) is 0 Å². The number of para-hydroxylation sites is 1. The van der Waals surface area contributed by atoms with Gasteiger partial charge in [-0.1, -0.05) is 42.5 Å². The molecule has 6 nitrogen and oxygen atoms in total. The summed E-state index contributed by atoms with van der Waals surface area (Å²) in [4.78, 5) is 33.4. The fourth-order valence-corrected chi connectivity index (χ4v) is 4.72. The second kappa shape index (κ2) is 9.12. The Morgan fingerprint density at radius 1 is 1.19 bits per heavy atom. The Morgan fingerprint density at radius 2 is 1.91 bits per heavy atom. The maximum atomic E-state index is 14.3. The summed E-state index contributed by atoms with van der Waals surface area (Å²) >= 11 is 1.43. The van der Waals surface area contributed by atoms with Crippen LogP contribution in [0, 0.1) is 24.1 Å². The molecule has 2 aromatic heterocycles. The van der Waals surface area contributed by atoms with Crippen LogP contribution in [0.25, 0.3) is 20.7 Å². The predicted octanol–water partition coefficient (Wildman–Crippen LogP) is 4.52. The minimum atomic E-state index is -0.569. The van der Waals surface area contributed by atoms with Crippen molar-refractivity contribution in [3.05, 3.63) is 82.7 Å². The number of nitrogens with zero attached hydrogens (tertiary/aromatic N) is 4. The molecule has 0 unspecified atom stereocenters. The highest BCUT2D eigenvalue weighted by Gasteiger charge is 2.21. The van der Waals surface area contributed by atoms with Crippen LogP contribution < -0.4 is 10.5 Å². The lowest BCUT2D eigenvalue weighted by atomic mass is 10.1. The van der Waals surface area contributed by atoms with Crippen molar-refractivity contribution in [1.82, 2.24) is 9.55 Å². The summed E-state index contributed by atoms with van der Waals surface area (Å²) in [7, 11) is 0. The predicted molar refractivity (Wildman–Crippen MR) is 123 cm³/mol. The molecule has 0 spiro atoms. The number of halogens is 1. The molecule has 8 heteroatoms. The third-order valence-corrected chi connectivity index (χ3v) is 6.40. The molecule has 4 aromatic rings. The SMILES string of the molecule is Cc1c(-c2ccccc2)sc2ncn(CC(=O)N(CCC#N)c3ccccc3F)c(=O)c12. The summed E-state index contributed by atoms with van der Waals surface area (Å²) in [6, 6.07) is 17.6. The second-order valence-electron chi connectivity index (χ2n) is 7.18. The number of fused-ring (bicyclic) bond motifs is 1. The van der Waals surface area contributed by atoms with E-state index in [4.69, 9.17) is 5.26 Å². The first-order chi connectivity index (χ1) is 15.5. The van der Waals surface area contributed by atoms with Gasteiger partial charge in [0, 0.05) is 11.4 Å². The van der Waals surface area contributed by atoms with Gasteiger partial charge in [-0.05, 0) is 30.2 Å². The lowest BCUT2D eigenvalue weighted by Crippen LogP contribution is -2.37. The highest BCUT2D eigenvalue weighted by atomic mass is 32.1. The summed E-state index contributed by atoms with van der Waals surface area (Å²) in [6.45, 7) is 1.59. The number of nitriles is 1. The number of aryl methyl sites for hydroxylation is 1. The van der Waals surface area contributed by atoms with E-state index >= 15 is 0 Å². The molecule has 2 aromatic carbocycles. The molecule has 0 aliphatic rings. The van der Waals surface area contributed by atoms with Crippen molar-refractivity contribution in [2.24, 2.45) is 0 Å². The van der Waals surface area contributed by atoms with Crippen LogP contribution >= 0.6 is 11.3 Å². The number of benzene rings is 2. The Balaban J connectivity index is 1.70. The molecule has 0 radical (unpaired) electrons. The van der Waals surface area contributed by atoms with E-state index in [2.05, 4.69) is 4.98 Å². The number of aromatic nitrogens is 2. The van der Waals surface area contributed by atoms with Crippen molar-refractivity contribution in [2.45, 2.75) is 19.9 Å². The van der Waals surface area contributed by atoms with Gasteiger partial charge in [0.25, 0.3) is 5.56 Å². The highest BCUT2D eigenvalue weighted by Crippen LogP contribution is 2.35. The first kappa shape index (κ1) is 21.4. The zero-order chi connectivity index (χ0) is 22.7. The summed E-state index contributed by atoms with van der Waals surface area (Å²) < 4.78 is 15.5. The van der Waals surface area contributed by atoms with E-state index < -0.39 is 11.7 Å². The topological polar surface area (TPSA) is 79.0 Å². The van der Waals surface area contributed by atoms with E-state index in [1.165, 1.54) is 45.3 Å². The number of rotatable bonds is 6. The van der Waals surface area contributed by atoms with Crippen molar-refractivity contribution in [1.29, 1.82) is 5.26 Å². The van der Waals surface area contributed by atoms with E-state index in [9.17, 15) is 14.0 Å². The molecule has 160 valence electrons. The summed E-state index contributed by atoms with van der Waals surface area (Å²) in [6.07, 6.45) is 1.38. The number of carbonyl (C=O) groups is 1. The third-order valence-electron chi connectivity index (χ3n) is 5.15. The number of amides is 1. The minimum Gasteiger partial charge on any atom is -0.307 e. The maximum absolute atomic E-state index is 14.3. The first-order valence-corrected chi connectivity index (χ1v) is 10.8. The summed E-state index contributed by atoms with van der Waals surface area (Å²) in [5, 5.41) is 9.42. The van der Waals surface area contributed by atoms with Gasteiger partial charge in [0.15, 0.2) is 0 Å². The number of hydrogen-bond acceptors (Lipinski definition) is 5. The quantitative estimate of drug-likeness (QED) is 0.436. The van der Waals surface area contributed by atoms with Crippen molar-refractivity contribution in [2.75, 3.05) is 11.4 Å². The van der Waals surface area contributed by atoms with E-state index in [1.54, 1.807) is 6.07 Å². The Bertz CT molecular complexity index is 1390. The van der Waals surface area contributed by atoms with Crippen molar-refractivity contribution in [3.8, 4) is 16.5 Å². The fourth-order valence-electron chi connectivity index (χ4n) is 3.58. The van der Waals surface area contributed by atoms with Gasteiger partial charge in [0.2, 0.25) is 5.91 Å².